The fourth-order valence-electron chi connectivity index (χ4n) is 3.99. The van der Waals surface area contributed by atoms with Crippen molar-refractivity contribution in [1.82, 2.24) is 19.7 Å². The maximum absolute atomic E-state index is 13.7. The summed E-state index contributed by atoms with van der Waals surface area (Å²) in [6.45, 7) is 3.65. The third-order valence-electron chi connectivity index (χ3n) is 5.56. The van der Waals surface area contributed by atoms with Gasteiger partial charge in [-0.2, -0.15) is 0 Å². The quantitative estimate of drug-likeness (QED) is 0.363. The summed E-state index contributed by atoms with van der Waals surface area (Å²) in [5.74, 6) is 1.15. The average Bonchev–Trinajstić information content (AvgIpc) is 3.25. The number of nitrogens with one attached hydrogen (secondary N) is 1. The molecule has 170 valence electrons. The van der Waals surface area contributed by atoms with E-state index in [0.717, 1.165) is 16.8 Å². The number of halogens is 1. The van der Waals surface area contributed by atoms with Crippen LogP contribution in [0.1, 0.15) is 24.6 Å². The Bertz CT molecular complexity index is 1560. The topological polar surface area (TPSA) is 112 Å². The zero-order valence-electron chi connectivity index (χ0n) is 18.5. The van der Waals surface area contributed by atoms with Crippen molar-refractivity contribution < 1.29 is 4.42 Å². The normalized spacial score (nSPS) is 12.1. The third-order valence-corrected chi connectivity index (χ3v) is 5.87. The highest BCUT2D eigenvalue weighted by Gasteiger charge is 2.21. The minimum absolute atomic E-state index is 0.203. The Balaban J connectivity index is 1.68. The fraction of sp³-hybridized carbons (Fsp3) is 0.120. The Morgan fingerprint density at radius 1 is 1.09 bits per heavy atom. The van der Waals surface area contributed by atoms with E-state index in [1.807, 2.05) is 55.5 Å². The summed E-state index contributed by atoms with van der Waals surface area (Å²) < 4.78 is 7.27. The van der Waals surface area contributed by atoms with Crippen LogP contribution in [0, 0.1) is 6.92 Å². The van der Waals surface area contributed by atoms with Crippen molar-refractivity contribution in [2.75, 3.05) is 11.1 Å². The number of fused-ring (bicyclic) bond motifs is 1. The van der Waals surface area contributed by atoms with Crippen LogP contribution in [0.15, 0.2) is 76.1 Å². The van der Waals surface area contributed by atoms with E-state index in [4.69, 9.17) is 21.8 Å². The summed E-state index contributed by atoms with van der Waals surface area (Å²) in [6, 6.07) is 18.1. The van der Waals surface area contributed by atoms with Gasteiger partial charge in [-0.1, -0.05) is 41.9 Å². The van der Waals surface area contributed by atoms with Crippen LogP contribution in [-0.4, -0.2) is 19.7 Å². The molecule has 0 saturated carbocycles. The molecule has 8 nitrogen and oxygen atoms in total. The molecule has 0 saturated heterocycles. The van der Waals surface area contributed by atoms with E-state index in [0.29, 0.717) is 33.4 Å². The fourth-order valence-corrected chi connectivity index (χ4v) is 4.25. The van der Waals surface area contributed by atoms with Crippen molar-refractivity contribution in [2.24, 2.45) is 0 Å². The molecule has 0 bridgehead atoms. The first-order valence-corrected chi connectivity index (χ1v) is 11.0. The lowest BCUT2D eigenvalue weighted by molar-refractivity contribution is 0.533. The van der Waals surface area contributed by atoms with Gasteiger partial charge in [0.2, 0.25) is 5.89 Å². The van der Waals surface area contributed by atoms with Gasteiger partial charge >= 0.3 is 0 Å². The van der Waals surface area contributed by atoms with Crippen molar-refractivity contribution in [1.29, 1.82) is 0 Å². The summed E-state index contributed by atoms with van der Waals surface area (Å²) in [5, 5.41) is 13.0. The molecule has 9 heteroatoms. The van der Waals surface area contributed by atoms with E-state index >= 15 is 0 Å². The Morgan fingerprint density at radius 2 is 1.88 bits per heavy atom. The van der Waals surface area contributed by atoms with Gasteiger partial charge in [0.05, 0.1) is 16.5 Å². The smallest absolute Gasteiger partial charge is 0.264 e. The molecule has 0 aliphatic carbocycles. The molecule has 34 heavy (non-hydrogen) atoms. The number of hydrogen-bond acceptors (Lipinski definition) is 7. The second-order valence-corrected chi connectivity index (χ2v) is 8.27. The predicted octanol–water partition coefficient (Wildman–Crippen LogP) is 5.15. The SMILES string of the molecule is Cc1nnc(-c2c(N)ccnc2N[C@@H](C)c2cc3cccc(Cl)c3c(=O)n2-c2ccccc2)o1. The summed E-state index contributed by atoms with van der Waals surface area (Å²) >= 11 is 6.42. The maximum Gasteiger partial charge on any atom is 0.264 e. The highest BCUT2D eigenvalue weighted by atomic mass is 35.5. The zero-order valence-corrected chi connectivity index (χ0v) is 19.2. The number of nitrogens with two attached hydrogens (primary N) is 1. The van der Waals surface area contributed by atoms with Crippen LogP contribution in [0.3, 0.4) is 0 Å². The largest absolute Gasteiger partial charge is 0.421 e. The van der Waals surface area contributed by atoms with Gasteiger partial charge in [-0.15, -0.1) is 10.2 Å². The van der Waals surface area contributed by atoms with E-state index in [-0.39, 0.29) is 17.5 Å². The van der Waals surface area contributed by atoms with Gasteiger partial charge < -0.3 is 15.5 Å². The molecule has 1 atom stereocenters. The lowest BCUT2D eigenvalue weighted by Gasteiger charge is -2.22. The maximum atomic E-state index is 13.7. The van der Waals surface area contributed by atoms with Crippen molar-refractivity contribution in [3.63, 3.8) is 0 Å². The average molecular weight is 473 g/mol. The van der Waals surface area contributed by atoms with E-state index in [9.17, 15) is 4.79 Å². The molecule has 3 aromatic heterocycles. The van der Waals surface area contributed by atoms with E-state index in [2.05, 4.69) is 20.5 Å². The number of aryl methyl sites for hydroxylation is 1. The Hall–Kier alpha value is -4.17. The van der Waals surface area contributed by atoms with Crippen molar-refractivity contribution in [2.45, 2.75) is 19.9 Å². The van der Waals surface area contributed by atoms with Crippen LogP contribution in [0.2, 0.25) is 5.02 Å². The molecule has 0 fully saturated rings. The second kappa shape index (κ2) is 8.64. The third kappa shape index (κ3) is 3.78. The molecule has 5 rings (SSSR count). The number of nitrogens with zero attached hydrogens (tertiary/aromatic N) is 4. The number of pyridine rings is 2. The first kappa shape index (κ1) is 21.7. The molecule has 3 N–H and O–H groups in total. The molecule has 5 aromatic rings. The number of aromatic nitrogens is 4. The number of anilines is 2. The molecule has 0 unspecified atom stereocenters. The van der Waals surface area contributed by atoms with Crippen molar-refractivity contribution in [3.05, 3.63) is 93.8 Å². The summed E-state index contributed by atoms with van der Waals surface area (Å²) in [5.41, 5.74) is 8.44. The van der Waals surface area contributed by atoms with Crippen LogP contribution < -0.4 is 16.6 Å². The van der Waals surface area contributed by atoms with Crippen LogP contribution in [-0.2, 0) is 0 Å². The van der Waals surface area contributed by atoms with E-state index < -0.39 is 0 Å². The lowest BCUT2D eigenvalue weighted by atomic mass is 10.1. The lowest BCUT2D eigenvalue weighted by Crippen LogP contribution is -2.26. The molecule has 0 radical (unpaired) electrons. The highest BCUT2D eigenvalue weighted by molar-refractivity contribution is 6.35. The number of benzene rings is 2. The predicted molar refractivity (Wildman–Crippen MR) is 133 cm³/mol. The first-order valence-electron chi connectivity index (χ1n) is 10.6. The van der Waals surface area contributed by atoms with Gasteiger partial charge in [-0.05, 0) is 42.6 Å². The summed E-state index contributed by atoms with van der Waals surface area (Å²) in [4.78, 5) is 18.1. The van der Waals surface area contributed by atoms with Crippen molar-refractivity contribution in [3.8, 4) is 17.1 Å². The summed E-state index contributed by atoms with van der Waals surface area (Å²) in [7, 11) is 0. The molecular weight excluding hydrogens is 452 g/mol. The van der Waals surface area contributed by atoms with Gasteiger partial charge in [0.1, 0.15) is 11.4 Å². The molecule has 0 aliphatic heterocycles. The van der Waals surface area contributed by atoms with Gasteiger partial charge in [0.25, 0.3) is 11.4 Å². The molecule has 0 spiro atoms. The van der Waals surface area contributed by atoms with Crippen LogP contribution in [0.4, 0.5) is 11.5 Å². The molecule has 2 aromatic carbocycles. The second-order valence-electron chi connectivity index (χ2n) is 7.87. The van der Waals surface area contributed by atoms with Gasteiger partial charge in [-0.25, -0.2) is 4.98 Å². The van der Waals surface area contributed by atoms with Crippen LogP contribution >= 0.6 is 11.6 Å². The van der Waals surface area contributed by atoms with Crippen LogP contribution in [0.25, 0.3) is 27.9 Å². The van der Waals surface area contributed by atoms with E-state index in [1.165, 1.54) is 0 Å². The molecule has 0 aliphatic rings. The monoisotopic (exact) mass is 472 g/mol. The Labute approximate surface area is 200 Å². The molecular formula is C25H21ClN6O2. The van der Waals surface area contributed by atoms with Crippen LogP contribution in [0.5, 0.6) is 0 Å². The zero-order chi connectivity index (χ0) is 23.8. The van der Waals surface area contributed by atoms with E-state index in [1.54, 1.807) is 29.8 Å². The molecule has 0 amide bonds. The molecule has 3 heterocycles. The van der Waals surface area contributed by atoms with Gasteiger partial charge in [-0.3, -0.25) is 9.36 Å². The van der Waals surface area contributed by atoms with Gasteiger partial charge in [0.15, 0.2) is 0 Å². The number of hydrogen-bond donors (Lipinski definition) is 2. The first-order chi connectivity index (χ1) is 16.4. The highest BCUT2D eigenvalue weighted by Crippen LogP contribution is 2.34. The number of nitrogen functional groups attached to an aromatic ring is 1. The Kier molecular flexibility index (Phi) is 5.51. The number of para-hydroxylation sites is 1. The minimum Gasteiger partial charge on any atom is -0.421 e. The van der Waals surface area contributed by atoms with Crippen molar-refractivity contribution >= 4 is 33.9 Å². The Morgan fingerprint density at radius 3 is 2.62 bits per heavy atom. The number of rotatable bonds is 5. The summed E-state index contributed by atoms with van der Waals surface area (Å²) in [6.07, 6.45) is 1.60. The standard InChI is InChI=1S/C25H21ClN6O2/c1-14(29-23-22(19(27)11-12-28-23)24-31-30-15(2)34-24)20-13-16-7-6-10-18(26)21(16)25(33)32(20)17-8-4-3-5-9-17/h3-14H,1-2H3,(H3,27,28,29)/t14-/m0/s1. The van der Waals surface area contributed by atoms with Gasteiger partial charge in [0, 0.05) is 30.2 Å². The minimum atomic E-state index is -0.353.